The molecule has 0 aliphatic carbocycles. The van der Waals surface area contributed by atoms with Gasteiger partial charge in [-0.05, 0) is 24.3 Å². The second kappa shape index (κ2) is 6.81. The zero-order chi connectivity index (χ0) is 13.5. The summed E-state index contributed by atoms with van der Waals surface area (Å²) in [6.07, 6.45) is 0. The molecule has 2 nitrogen and oxygen atoms in total. The fourth-order valence-corrected chi connectivity index (χ4v) is 2.31. The van der Waals surface area contributed by atoms with Crippen LogP contribution in [0.1, 0.15) is 5.56 Å². The summed E-state index contributed by atoms with van der Waals surface area (Å²) in [5.74, 6) is 0.498. The minimum atomic E-state index is -0.546. The van der Waals surface area contributed by atoms with Gasteiger partial charge in [-0.2, -0.15) is 5.26 Å². The molecule has 0 heterocycles. The van der Waals surface area contributed by atoms with E-state index in [2.05, 4.69) is 0 Å². The maximum Gasteiger partial charge on any atom is 0.144 e. The molecule has 2 aromatic carbocycles. The van der Waals surface area contributed by atoms with Gasteiger partial charge in [0, 0.05) is 10.6 Å². The summed E-state index contributed by atoms with van der Waals surface area (Å²) in [6.45, 7) is 0.428. The van der Waals surface area contributed by atoms with Crippen molar-refractivity contribution in [3.63, 3.8) is 0 Å². The van der Waals surface area contributed by atoms with Gasteiger partial charge in [0.15, 0.2) is 0 Å². The number of hydrogen-bond acceptors (Lipinski definition) is 3. The van der Waals surface area contributed by atoms with Gasteiger partial charge in [-0.3, -0.25) is 0 Å². The van der Waals surface area contributed by atoms with Crippen molar-refractivity contribution in [2.24, 2.45) is 0 Å². The zero-order valence-corrected chi connectivity index (χ0v) is 11.0. The molecule has 4 heteroatoms. The molecular formula is C15H12FNOS. The predicted molar refractivity (Wildman–Crippen MR) is 73.8 cm³/mol. The highest BCUT2D eigenvalue weighted by molar-refractivity contribution is 7.99. The van der Waals surface area contributed by atoms with E-state index >= 15 is 0 Å². The van der Waals surface area contributed by atoms with E-state index in [1.165, 1.54) is 12.1 Å². The largest absolute Gasteiger partial charge is 0.491 e. The minimum Gasteiger partial charge on any atom is -0.491 e. The average molecular weight is 273 g/mol. The van der Waals surface area contributed by atoms with Crippen molar-refractivity contribution in [2.75, 3.05) is 12.4 Å². The Bertz CT molecular complexity index is 580. The van der Waals surface area contributed by atoms with E-state index in [4.69, 9.17) is 10.00 Å². The van der Waals surface area contributed by atoms with Gasteiger partial charge in [0.25, 0.3) is 0 Å². The van der Waals surface area contributed by atoms with Gasteiger partial charge in [0.05, 0.1) is 6.61 Å². The van der Waals surface area contributed by atoms with E-state index in [9.17, 15) is 4.39 Å². The molecule has 0 fully saturated rings. The first-order chi connectivity index (χ1) is 9.31. The molecule has 0 N–H and O–H groups in total. The summed E-state index contributed by atoms with van der Waals surface area (Å²) in [7, 11) is 0. The molecular weight excluding hydrogens is 261 g/mol. The Kier molecular flexibility index (Phi) is 4.82. The van der Waals surface area contributed by atoms with Crippen molar-refractivity contribution in [3.8, 4) is 11.8 Å². The Morgan fingerprint density at radius 3 is 2.63 bits per heavy atom. The number of hydrogen-bond donors (Lipinski definition) is 0. The minimum absolute atomic E-state index is 0.0350. The Hall–Kier alpha value is -1.99. The van der Waals surface area contributed by atoms with Crippen LogP contribution in [0, 0.1) is 17.1 Å². The summed E-state index contributed by atoms with van der Waals surface area (Å²) in [5, 5.41) is 8.86. The van der Waals surface area contributed by atoms with E-state index in [1.807, 2.05) is 36.4 Å². The third-order valence-corrected chi connectivity index (χ3v) is 3.42. The lowest BCUT2D eigenvalue weighted by Crippen LogP contribution is -2.02. The van der Waals surface area contributed by atoms with Crippen LogP contribution in [0.25, 0.3) is 0 Å². The number of thioether (sulfide) groups is 1. The topological polar surface area (TPSA) is 33.0 Å². The second-order valence-electron chi connectivity index (χ2n) is 3.73. The van der Waals surface area contributed by atoms with Crippen LogP contribution in [0.2, 0.25) is 0 Å². The van der Waals surface area contributed by atoms with E-state index in [1.54, 1.807) is 17.8 Å². The maximum atomic E-state index is 13.3. The van der Waals surface area contributed by atoms with Gasteiger partial charge >= 0.3 is 0 Å². The van der Waals surface area contributed by atoms with Crippen LogP contribution < -0.4 is 4.74 Å². The van der Waals surface area contributed by atoms with Crippen LogP contribution in [0.3, 0.4) is 0 Å². The van der Waals surface area contributed by atoms with Crippen LogP contribution in [-0.4, -0.2) is 12.4 Å². The summed E-state index contributed by atoms with van der Waals surface area (Å²) in [6, 6.07) is 16.2. The van der Waals surface area contributed by atoms with E-state index < -0.39 is 5.82 Å². The summed E-state index contributed by atoms with van der Waals surface area (Å²) < 4.78 is 18.8. The number of ether oxygens (including phenoxy) is 1. The van der Waals surface area contributed by atoms with Crippen LogP contribution >= 0.6 is 11.8 Å². The average Bonchev–Trinajstić information content (AvgIpc) is 2.45. The fourth-order valence-electron chi connectivity index (χ4n) is 1.56. The van der Waals surface area contributed by atoms with Crippen LogP contribution in [0.15, 0.2) is 53.4 Å². The second-order valence-corrected chi connectivity index (χ2v) is 4.90. The van der Waals surface area contributed by atoms with Gasteiger partial charge in [-0.15, -0.1) is 11.8 Å². The monoisotopic (exact) mass is 273 g/mol. The molecule has 0 saturated heterocycles. The first-order valence-electron chi connectivity index (χ1n) is 5.80. The lowest BCUT2D eigenvalue weighted by molar-refractivity contribution is 0.340. The molecule has 0 aromatic heterocycles. The van der Waals surface area contributed by atoms with E-state index in [0.717, 1.165) is 10.6 Å². The highest BCUT2D eigenvalue weighted by atomic mass is 32.2. The van der Waals surface area contributed by atoms with Crippen molar-refractivity contribution in [2.45, 2.75) is 4.90 Å². The first-order valence-corrected chi connectivity index (χ1v) is 6.79. The molecule has 19 heavy (non-hydrogen) atoms. The Balaban J connectivity index is 1.87. The van der Waals surface area contributed by atoms with Gasteiger partial charge in [-0.1, -0.05) is 24.3 Å². The molecule has 0 amide bonds. The summed E-state index contributed by atoms with van der Waals surface area (Å²) >= 11 is 1.66. The van der Waals surface area contributed by atoms with Crippen molar-refractivity contribution in [3.05, 3.63) is 59.9 Å². The summed E-state index contributed by atoms with van der Waals surface area (Å²) in [5.41, 5.74) is -0.0350. The molecule has 0 radical (unpaired) electrons. The number of benzene rings is 2. The quantitative estimate of drug-likeness (QED) is 0.612. The molecule has 2 rings (SSSR count). The van der Waals surface area contributed by atoms with Crippen molar-refractivity contribution < 1.29 is 9.13 Å². The maximum absolute atomic E-state index is 13.3. The highest BCUT2D eigenvalue weighted by Gasteiger charge is 2.08. The molecule has 0 aliphatic heterocycles. The third-order valence-electron chi connectivity index (χ3n) is 2.44. The van der Waals surface area contributed by atoms with Crippen LogP contribution in [0.5, 0.6) is 5.75 Å². The molecule has 0 aliphatic rings. The third kappa shape index (κ3) is 3.73. The fraction of sp³-hybridized carbons (Fsp3) is 0.133. The van der Waals surface area contributed by atoms with Gasteiger partial charge in [0.2, 0.25) is 0 Å². The normalized spacial score (nSPS) is 9.89. The molecule has 0 bridgehead atoms. The Morgan fingerprint density at radius 2 is 1.89 bits per heavy atom. The van der Waals surface area contributed by atoms with Crippen LogP contribution in [0.4, 0.5) is 4.39 Å². The predicted octanol–water partition coefficient (Wildman–Crippen LogP) is 3.87. The molecule has 0 atom stereocenters. The van der Waals surface area contributed by atoms with Crippen LogP contribution in [-0.2, 0) is 0 Å². The van der Waals surface area contributed by atoms with Crippen molar-refractivity contribution in [1.82, 2.24) is 0 Å². The van der Waals surface area contributed by atoms with Gasteiger partial charge in [-0.25, -0.2) is 4.39 Å². The highest BCUT2D eigenvalue weighted by Crippen LogP contribution is 2.21. The standard InChI is InChI=1S/C15H12FNOS/c16-14-7-4-8-15(13(14)11-17)18-9-10-19-12-5-2-1-3-6-12/h1-8H,9-10H2. The Morgan fingerprint density at radius 1 is 1.11 bits per heavy atom. The smallest absolute Gasteiger partial charge is 0.144 e. The van der Waals surface area contributed by atoms with E-state index in [-0.39, 0.29) is 5.56 Å². The molecule has 0 spiro atoms. The zero-order valence-electron chi connectivity index (χ0n) is 10.2. The van der Waals surface area contributed by atoms with E-state index in [0.29, 0.717) is 12.4 Å². The van der Waals surface area contributed by atoms with Gasteiger partial charge in [0.1, 0.15) is 23.2 Å². The molecule has 96 valence electrons. The van der Waals surface area contributed by atoms with Crippen molar-refractivity contribution in [1.29, 1.82) is 5.26 Å². The lowest BCUT2D eigenvalue weighted by atomic mass is 10.2. The molecule has 0 saturated carbocycles. The number of nitriles is 1. The van der Waals surface area contributed by atoms with Gasteiger partial charge < -0.3 is 4.74 Å². The summed E-state index contributed by atoms with van der Waals surface area (Å²) in [4.78, 5) is 1.16. The first kappa shape index (κ1) is 13.4. The molecule has 0 unspecified atom stereocenters. The lowest BCUT2D eigenvalue weighted by Gasteiger charge is -2.07. The number of rotatable bonds is 5. The number of nitrogens with zero attached hydrogens (tertiary/aromatic N) is 1. The Labute approximate surface area is 115 Å². The number of halogens is 1. The van der Waals surface area contributed by atoms with Crippen molar-refractivity contribution >= 4 is 11.8 Å². The molecule has 2 aromatic rings. The SMILES string of the molecule is N#Cc1c(F)cccc1OCCSc1ccccc1.